The van der Waals surface area contributed by atoms with Gasteiger partial charge in [0, 0.05) is 43.3 Å². The number of hydrogen-bond donors (Lipinski definition) is 3. The Morgan fingerprint density at radius 2 is 1.93 bits per heavy atom. The third-order valence-corrected chi connectivity index (χ3v) is 4.36. The van der Waals surface area contributed by atoms with Gasteiger partial charge in [0.2, 0.25) is 5.95 Å². The third kappa shape index (κ3) is 3.62. The second-order valence-electron chi connectivity index (χ2n) is 6.01. The molecule has 1 aliphatic rings. The van der Waals surface area contributed by atoms with Crippen molar-refractivity contribution in [1.29, 1.82) is 0 Å². The van der Waals surface area contributed by atoms with E-state index in [1.807, 2.05) is 0 Å². The Morgan fingerprint density at radius 3 is 2.67 bits per heavy atom. The summed E-state index contributed by atoms with van der Waals surface area (Å²) in [5.41, 5.74) is 1.29. The van der Waals surface area contributed by atoms with Crippen LogP contribution in [0.15, 0.2) is 36.5 Å². The van der Waals surface area contributed by atoms with Crippen LogP contribution in [0.3, 0.4) is 0 Å². The van der Waals surface area contributed by atoms with E-state index in [2.05, 4.69) is 25.2 Å². The fourth-order valence-corrected chi connectivity index (χ4v) is 3.07. The van der Waals surface area contributed by atoms with Crippen molar-refractivity contribution in [1.82, 2.24) is 20.3 Å². The predicted molar refractivity (Wildman–Crippen MR) is 104 cm³/mol. The molecule has 3 aromatic rings. The molecule has 0 atom stereocenters. The number of nitrogens with zero attached hydrogens (tertiary/aromatic N) is 4. The molecule has 0 unspecified atom stereocenters. The number of para-hydroxylation sites is 1. The summed E-state index contributed by atoms with van der Waals surface area (Å²) in [6.07, 6.45) is 1.66. The van der Waals surface area contributed by atoms with Crippen LogP contribution < -0.4 is 10.2 Å². The Morgan fingerprint density at radius 1 is 1.15 bits per heavy atom. The topological polar surface area (TPSA) is 111 Å². The normalized spacial score (nSPS) is 14.0. The molecule has 3 heterocycles. The monoisotopic (exact) mass is 387 g/mol. The fraction of sp³-hybridized carbons (Fsp3) is 0.222. The summed E-state index contributed by atoms with van der Waals surface area (Å²) in [5.74, 6) is -0.623. The van der Waals surface area contributed by atoms with Crippen molar-refractivity contribution < 1.29 is 15.0 Å². The molecular formula is C18H18ClN5O3. The summed E-state index contributed by atoms with van der Waals surface area (Å²) >= 11 is 0. The van der Waals surface area contributed by atoms with E-state index in [9.17, 15) is 15.0 Å². The van der Waals surface area contributed by atoms with Gasteiger partial charge in [0.05, 0.1) is 5.69 Å². The number of hydrogen-bond acceptors (Lipinski definition) is 7. The number of nitrogens with one attached hydrogen (secondary N) is 1. The maximum Gasteiger partial charge on any atom is 0.354 e. The number of carboxylic acids is 1. The van der Waals surface area contributed by atoms with Crippen LogP contribution in [-0.4, -0.2) is 57.3 Å². The molecular weight excluding hydrogens is 370 g/mol. The van der Waals surface area contributed by atoms with Gasteiger partial charge in [0.15, 0.2) is 0 Å². The van der Waals surface area contributed by atoms with Crippen molar-refractivity contribution >= 4 is 35.2 Å². The predicted octanol–water partition coefficient (Wildman–Crippen LogP) is 1.93. The fourth-order valence-electron chi connectivity index (χ4n) is 3.07. The van der Waals surface area contributed by atoms with Gasteiger partial charge in [-0.2, -0.15) is 0 Å². The summed E-state index contributed by atoms with van der Waals surface area (Å²) in [5, 5.41) is 23.4. The lowest BCUT2D eigenvalue weighted by Gasteiger charge is -2.27. The molecule has 0 spiro atoms. The lowest BCUT2D eigenvalue weighted by atomic mass is 10.0. The van der Waals surface area contributed by atoms with Gasteiger partial charge in [-0.05, 0) is 18.2 Å². The van der Waals surface area contributed by atoms with Crippen LogP contribution in [0, 0.1) is 0 Å². The summed E-state index contributed by atoms with van der Waals surface area (Å²) in [4.78, 5) is 26.6. The molecule has 0 amide bonds. The number of rotatable bonds is 3. The zero-order chi connectivity index (χ0) is 18.1. The maximum atomic E-state index is 11.5. The molecule has 1 fully saturated rings. The Kier molecular flexibility index (Phi) is 5.38. The first-order valence-electron chi connectivity index (χ1n) is 8.28. The van der Waals surface area contributed by atoms with E-state index in [1.54, 1.807) is 24.4 Å². The number of aromatic nitrogens is 3. The van der Waals surface area contributed by atoms with E-state index in [-0.39, 0.29) is 29.4 Å². The minimum Gasteiger partial charge on any atom is -0.506 e. The van der Waals surface area contributed by atoms with Crippen molar-refractivity contribution in [2.24, 2.45) is 0 Å². The van der Waals surface area contributed by atoms with Crippen molar-refractivity contribution in [2.75, 3.05) is 31.1 Å². The number of fused-ring (bicyclic) bond motifs is 1. The van der Waals surface area contributed by atoms with Gasteiger partial charge in [-0.25, -0.2) is 19.7 Å². The molecule has 1 aromatic carbocycles. The number of halogens is 1. The summed E-state index contributed by atoms with van der Waals surface area (Å²) in [6, 6.07) is 8.18. The Balaban J connectivity index is 0.00000210. The summed E-state index contributed by atoms with van der Waals surface area (Å²) in [7, 11) is 0. The van der Waals surface area contributed by atoms with Crippen LogP contribution in [0.1, 0.15) is 10.5 Å². The number of carbonyl (C=O) groups is 1. The van der Waals surface area contributed by atoms with Crippen LogP contribution in [0.2, 0.25) is 0 Å². The maximum absolute atomic E-state index is 11.5. The number of phenolic OH excluding ortho intramolecular Hbond substituents is 1. The van der Waals surface area contributed by atoms with E-state index in [0.29, 0.717) is 22.6 Å². The number of aromatic carboxylic acids is 1. The highest BCUT2D eigenvalue weighted by Gasteiger charge is 2.18. The van der Waals surface area contributed by atoms with E-state index in [1.165, 1.54) is 12.1 Å². The third-order valence-electron chi connectivity index (χ3n) is 4.36. The van der Waals surface area contributed by atoms with Gasteiger partial charge < -0.3 is 20.4 Å². The van der Waals surface area contributed by atoms with Crippen molar-refractivity contribution in [3.63, 3.8) is 0 Å². The van der Waals surface area contributed by atoms with Crippen molar-refractivity contribution in [3.8, 4) is 17.0 Å². The van der Waals surface area contributed by atoms with Crippen LogP contribution >= 0.6 is 12.4 Å². The first kappa shape index (κ1) is 18.8. The van der Waals surface area contributed by atoms with Gasteiger partial charge in [0.1, 0.15) is 17.0 Å². The van der Waals surface area contributed by atoms with Gasteiger partial charge in [-0.3, -0.25) is 0 Å². The van der Waals surface area contributed by atoms with Crippen molar-refractivity contribution in [2.45, 2.75) is 0 Å². The molecule has 0 bridgehead atoms. The van der Waals surface area contributed by atoms with Crippen molar-refractivity contribution in [3.05, 3.63) is 42.2 Å². The van der Waals surface area contributed by atoms with Gasteiger partial charge in [-0.15, -0.1) is 12.4 Å². The van der Waals surface area contributed by atoms with Gasteiger partial charge >= 0.3 is 5.97 Å². The molecule has 3 N–H and O–H groups in total. The largest absolute Gasteiger partial charge is 0.506 e. The summed E-state index contributed by atoms with van der Waals surface area (Å²) in [6.45, 7) is 3.34. The number of anilines is 1. The zero-order valence-corrected chi connectivity index (χ0v) is 15.1. The quantitative estimate of drug-likeness (QED) is 0.625. The molecule has 0 saturated carbocycles. The Hall–Kier alpha value is -2.97. The minimum atomic E-state index is -1.16. The van der Waals surface area contributed by atoms with E-state index >= 15 is 0 Å². The second-order valence-corrected chi connectivity index (χ2v) is 6.01. The SMILES string of the molecule is Cl.O=C(O)c1cc(-c2ccnc(N3CCNCC3)n2)c2cccc(O)c2n1. The Labute approximate surface area is 161 Å². The second kappa shape index (κ2) is 7.73. The van der Waals surface area contributed by atoms with Crippen LogP contribution in [0.4, 0.5) is 5.95 Å². The molecule has 8 nitrogen and oxygen atoms in total. The Bertz CT molecular complexity index is 992. The highest BCUT2D eigenvalue weighted by molar-refractivity contribution is 6.00. The number of phenols is 1. The van der Waals surface area contributed by atoms with E-state index in [4.69, 9.17) is 0 Å². The molecule has 0 radical (unpaired) electrons. The first-order chi connectivity index (χ1) is 12.6. The van der Waals surface area contributed by atoms with Crippen LogP contribution in [0.5, 0.6) is 5.75 Å². The number of benzene rings is 1. The summed E-state index contributed by atoms with van der Waals surface area (Å²) < 4.78 is 0. The molecule has 27 heavy (non-hydrogen) atoms. The van der Waals surface area contributed by atoms with Gasteiger partial charge in [0.25, 0.3) is 0 Å². The van der Waals surface area contributed by atoms with E-state index in [0.717, 1.165) is 26.2 Å². The minimum absolute atomic E-state index is 0. The van der Waals surface area contributed by atoms with E-state index < -0.39 is 5.97 Å². The average molecular weight is 388 g/mol. The average Bonchev–Trinajstić information content (AvgIpc) is 2.68. The number of carboxylic acid groups (broad SMARTS) is 1. The molecule has 140 valence electrons. The van der Waals surface area contributed by atoms with Crippen LogP contribution in [-0.2, 0) is 0 Å². The number of aromatic hydroxyl groups is 1. The molecule has 0 aliphatic carbocycles. The molecule has 1 aliphatic heterocycles. The lowest BCUT2D eigenvalue weighted by Crippen LogP contribution is -2.44. The molecule has 4 rings (SSSR count). The molecule has 9 heteroatoms. The van der Waals surface area contributed by atoms with Gasteiger partial charge in [-0.1, -0.05) is 12.1 Å². The zero-order valence-electron chi connectivity index (χ0n) is 14.3. The lowest BCUT2D eigenvalue weighted by molar-refractivity contribution is 0.0691. The smallest absolute Gasteiger partial charge is 0.354 e. The number of piperazine rings is 1. The van der Waals surface area contributed by atoms with Crippen LogP contribution in [0.25, 0.3) is 22.2 Å². The highest BCUT2D eigenvalue weighted by atomic mass is 35.5. The first-order valence-corrected chi connectivity index (χ1v) is 8.28. The molecule has 1 saturated heterocycles. The highest BCUT2D eigenvalue weighted by Crippen LogP contribution is 2.32. The molecule has 2 aromatic heterocycles. The standard InChI is InChI=1S/C18H17N5O3.ClH/c24-15-3-1-2-11-12(10-14(17(25)26)21-16(11)15)13-4-5-20-18(22-13)23-8-6-19-7-9-23;/h1-5,10,19,24H,6-9H2,(H,25,26);1H. The number of pyridine rings is 1.